The summed E-state index contributed by atoms with van der Waals surface area (Å²) in [5, 5.41) is 3.94. The van der Waals surface area contributed by atoms with Crippen LogP contribution in [0.15, 0.2) is 42.5 Å². The van der Waals surface area contributed by atoms with Crippen molar-refractivity contribution in [1.29, 1.82) is 0 Å². The summed E-state index contributed by atoms with van der Waals surface area (Å²) >= 11 is 0. The van der Waals surface area contributed by atoms with Gasteiger partial charge in [-0.3, -0.25) is 9.69 Å². The summed E-state index contributed by atoms with van der Waals surface area (Å²) in [6.45, 7) is 3.08. The smallest absolute Gasteiger partial charge is 0.370 e. The van der Waals surface area contributed by atoms with Crippen LogP contribution < -0.4 is 9.50 Å². The number of hydrogen-bond acceptors (Lipinski definition) is 5. The number of fused-ring (bicyclic) bond motifs is 2. The standard InChI is InChI=1S/C24H28N4O4S/c1-26(2)33(30,31)32-22-11-10-18(23-19(22)15-25-24(23)29)21-14-17-8-4-5-9-20(17)28(21)16-27-12-6-3-7-13-27/h4-5,8-11,14H,3,6-7,12-13,15-16H2,1-2H3,(H,25,29). The Kier molecular flexibility index (Phi) is 5.64. The average Bonchev–Trinajstić information content (AvgIpc) is 3.36. The molecule has 0 bridgehead atoms. The maximum absolute atomic E-state index is 12.9. The van der Waals surface area contributed by atoms with E-state index in [2.05, 4.69) is 33.0 Å². The molecule has 0 saturated carbocycles. The quantitative estimate of drug-likeness (QED) is 0.601. The first kappa shape index (κ1) is 21.9. The number of aromatic nitrogens is 1. The molecule has 1 saturated heterocycles. The van der Waals surface area contributed by atoms with Crippen LogP contribution in [0.3, 0.4) is 0 Å². The van der Waals surface area contributed by atoms with Crippen molar-refractivity contribution in [2.75, 3.05) is 27.2 Å². The van der Waals surface area contributed by atoms with Crippen LogP contribution in [-0.2, 0) is 23.5 Å². The van der Waals surface area contributed by atoms with Crippen LogP contribution in [0.4, 0.5) is 0 Å². The first-order chi connectivity index (χ1) is 15.8. The van der Waals surface area contributed by atoms with E-state index < -0.39 is 10.3 Å². The Morgan fingerprint density at radius 2 is 1.82 bits per heavy atom. The molecule has 1 aromatic heterocycles. The van der Waals surface area contributed by atoms with Crippen molar-refractivity contribution < 1.29 is 17.4 Å². The molecule has 0 unspecified atom stereocenters. The Morgan fingerprint density at radius 3 is 2.58 bits per heavy atom. The maximum atomic E-state index is 12.9. The molecule has 5 rings (SSSR count). The van der Waals surface area contributed by atoms with Crippen molar-refractivity contribution >= 4 is 27.1 Å². The number of amides is 1. The molecule has 8 nitrogen and oxygen atoms in total. The molecule has 174 valence electrons. The second-order valence-corrected chi connectivity index (χ2v) is 10.6. The van der Waals surface area contributed by atoms with Gasteiger partial charge in [0.2, 0.25) is 0 Å². The number of benzene rings is 2. The fraction of sp³-hybridized carbons (Fsp3) is 0.375. The molecule has 9 heteroatoms. The number of nitrogens with one attached hydrogen (secondary N) is 1. The fourth-order valence-corrected chi connectivity index (χ4v) is 5.22. The third-order valence-corrected chi connectivity index (χ3v) is 7.73. The van der Waals surface area contributed by atoms with Gasteiger partial charge in [-0.2, -0.15) is 12.7 Å². The number of nitrogens with zero attached hydrogens (tertiary/aromatic N) is 3. The Morgan fingerprint density at radius 1 is 1.06 bits per heavy atom. The number of likely N-dealkylation sites (tertiary alicyclic amines) is 1. The van der Waals surface area contributed by atoms with E-state index in [-0.39, 0.29) is 18.2 Å². The first-order valence-corrected chi connectivity index (χ1v) is 12.6. The average molecular weight is 469 g/mol. The second-order valence-electron chi connectivity index (χ2n) is 8.81. The Balaban J connectivity index is 1.64. The summed E-state index contributed by atoms with van der Waals surface area (Å²) in [5.41, 5.74) is 3.88. The van der Waals surface area contributed by atoms with Crippen LogP contribution in [0.2, 0.25) is 0 Å². The zero-order valence-corrected chi connectivity index (χ0v) is 19.7. The number of para-hydroxylation sites is 1. The molecule has 3 aromatic rings. The Hall–Kier alpha value is -2.88. The third-order valence-electron chi connectivity index (χ3n) is 6.44. The van der Waals surface area contributed by atoms with Crippen LogP contribution in [0, 0.1) is 0 Å². The largest absolute Gasteiger partial charge is 0.384 e. The first-order valence-electron chi connectivity index (χ1n) is 11.2. The molecule has 2 aromatic carbocycles. The Labute approximate surface area is 194 Å². The van der Waals surface area contributed by atoms with Crippen LogP contribution in [0.25, 0.3) is 22.2 Å². The zero-order chi connectivity index (χ0) is 23.2. The molecule has 1 N–H and O–H groups in total. The molecular formula is C24H28N4O4S. The SMILES string of the molecule is CN(C)S(=O)(=O)Oc1ccc(-c2cc3ccccc3n2CN2CCCCC2)c2c1CNC2=O. The molecule has 3 heterocycles. The molecule has 33 heavy (non-hydrogen) atoms. The predicted molar refractivity (Wildman–Crippen MR) is 127 cm³/mol. The van der Waals surface area contributed by atoms with Gasteiger partial charge in [0.1, 0.15) is 5.75 Å². The van der Waals surface area contributed by atoms with Gasteiger partial charge >= 0.3 is 10.3 Å². The predicted octanol–water partition coefficient (Wildman–Crippen LogP) is 3.18. The van der Waals surface area contributed by atoms with Crippen molar-refractivity contribution in [2.24, 2.45) is 0 Å². The summed E-state index contributed by atoms with van der Waals surface area (Å²) in [5.74, 6) is -0.0398. The number of rotatable bonds is 6. The van der Waals surface area contributed by atoms with Gasteiger partial charge in [0.15, 0.2) is 0 Å². The van der Waals surface area contributed by atoms with Crippen molar-refractivity contribution in [2.45, 2.75) is 32.5 Å². The zero-order valence-electron chi connectivity index (χ0n) is 18.9. The molecule has 2 aliphatic rings. The minimum Gasteiger partial charge on any atom is -0.370 e. The van der Waals surface area contributed by atoms with E-state index in [9.17, 15) is 13.2 Å². The molecule has 0 radical (unpaired) electrons. The van der Waals surface area contributed by atoms with Gasteiger partial charge in [0, 0.05) is 42.7 Å². The number of hydrogen-bond donors (Lipinski definition) is 1. The normalized spacial score (nSPS) is 16.9. The van der Waals surface area contributed by atoms with Gasteiger partial charge in [-0.05, 0) is 50.2 Å². The topological polar surface area (TPSA) is 83.9 Å². The van der Waals surface area contributed by atoms with Crippen molar-refractivity contribution in [3.8, 4) is 17.0 Å². The van der Waals surface area contributed by atoms with E-state index in [0.717, 1.165) is 46.2 Å². The summed E-state index contributed by atoms with van der Waals surface area (Å²) in [4.78, 5) is 15.3. The van der Waals surface area contributed by atoms with Crippen molar-refractivity contribution in [1.82, 2.24) is 19.1 Å². The number of piperidine rings is 1. The third kappa shape index (κ3) is 4.01. The minimum absolute atomic E-state index is 0.180. The summed E-state index contributed by atoms with van der Waals surface area (Å²) in [7, 11) is -1.12. The van der Waals surface area contributed by atoms with Crippen LogP contribution in [-0.4, -0.2) is 55.3 Å². The van der Waals surface area contributed by atoms with E-state index in [1.807, 2.05) is 12.1 Å². The van der Waals surface area contributed by atoms with Crippen LogP contribution in [0.1, 0.15) is 35.2 Å². The lowest BCUT2D eigenvalue weighted by Gasteiger charge is -2.28. The number of carbonyl (C=O) groups is 1. The minimum atomic E-state index is -3.93. The molecule has 2 aliphatic heterocycles. The molecule has 0 spiro atoms. The van der Waals surface area contributed by atoms with Gasteiger partial charge in [0.25, 0.3) is 5.91 Å². The summed E-state index contributed by atoms with van der Waals surface area (Å²) < 4.78 is 33.3. The van der Waals surface area contributed by atoms with E-state index in [4.69, 9.17) is 4.18 Å². The maximum Gasteiger partial charge on any atom is 0.384 e. The van der Waals surface area contributed by atoms with Gasteiger partial charge in [-0.15, -0.1) is 0 Å². The molecule has 0 aliphatic carbocycles. The van der Waals surface area contributed by atoms with E-state index in [1.54, 1.807) is 12.1 Å². The fourth-order valence-electron chi connectivity index (χ4n) is 4.69. The second kappa shape index (κ2) is 8.48. The highest BCUT2D eigenvalue weighted by Crippen LogP contribution is 2.38. The van der Waals surface area contributed by atoms with Gasteiger partial charge < -0.3 is 14.1 Å². The highest BCUT2D eigenvalue weighted by molar-refractivity contribution is 7.84. The van der Waals surface area contributed by atoms with E-state index >= 15 is 0 Å². The van der Waals surface area contributed by atoms with Gasteiger partial charge in [-0.1, -0.05) is 24.6 Å². The van der Waals surface area contributed by atoms with E-state index in [1.165, 1.54) is 33.4 Å². The van der Waals surface area contributed by atoms with Crippen molar-refractivity contribution in [3.63, 3.8) is 0 Å². The lowest BCUT2D eigenvalue weighted by atomic mass is 9.99. The lowest BCUT2D eigenvalue weighted by molar-refractivity contribution is 0.0966. The highest BCUT2D eigenvalue weighted by atomic mass is 32.2. The van der Waals surface area contributed by atoms with Gasteiger partial charge in [0.05, 0.1) is 17.9 Å². The van der Waals surface area contributed by atoms with Crippen molar-refractivity contribution in [3.05, 3.63) is 53.6 Å². The molecule has 1 fully saturated rings. The number of carbonyl (C=O) groups excluding carboxylic acids is 1. The summed E-state index contributed by atoms with van der Waals surface area (Å²) in [6.07, 6.45) is 3.65. The van der Waals surface area contributed by atoms with E-state index in [0.29, 0.717) is 11.1 Å². The Bertz CT molecular complexity index is 1320. The molecule has 0 atom stereocenters. The van der Waals surface area contributed by atoms with Crippen LogP contribution in [0.5, 0.6) is 5.75 Å². The molecule has 1 amide bonds. The summed E-state index contributed by atoms with van der Waals surface area (Å²) in [6, 6.07) is 13.8. The highest BCUT2D eigenvalue weighted by Gasteiger charge is 2.30. The van der Waals surface area contributed by atoms with Gasteiger partial charge in [-0.25, -0.2) is 0 Å². The monoisotopic (exact) mass is 468 g/mol. The lowest BCUT2D eigenvalue weighted by Crippen LogP contribution is -2.31. The molecular weight excluding hydrogens is 440 g/mol. The van der Waals surface area contributed by atoms with Crippen LogP contribution >= 0.6 is 0 Å².